The van der Waals surface area contributed by atoms with Gasteiger partial charge in [-0.05, 0) is 50.0 Å². The first-order valence-electron chi connectivity index (χ1n) is 12.4. The Bertz CT molecular complexity index is 1310. The van der Waals surface area contributed by atoms with E-state index in [1.54, 1.807) is 36.1 Å². The molecule has 0 saturated carbocycles. The number of aromatic nitrogens is 2. The summed E-state index contributed by atoms with van der Waals surface area (Å²) < 4.78 is 58.0. The molecule has 0 radical (unpaired) electrons. The number of alkyl halides is 3. The largest absolute Gasteiger partial charge is 0.411 e. The fourth-order valence-electron chi connectivity index (χ4n) is 4.52. The second kappa shape index (κ2) is 12.0. The Morgan fingerprint density at radius 2 is 2.10 bits per heavy atom. The average molecular weight is 548 g/mol. The molecule has 4 rings (SSSR count). The van der Waals surface area contributed by atoms with E-state index in [9.17, 15) is 27.5 Å². The minimum absolute atomic E-state index is 0.00290. The predicted molar refractivity (Wildman–Crippen MR) is 137 cm³/mol. The number of aliphatic hydroxyl groups excluding tert-OH is 1. The number of allylic oxidation sites excluding steroid dienone is 3. The SMILES string of the molecule is C/C1=C/C(O)/C(C(N)=O)=C\C=C/CN1c1nc(NCc2cccc(F)c2)c2c(n1)C(OCC(F)(F)F)CCC2. The van der Waals surface area contributed by atoms with Crippen molar-refractivity contribution in [1.82, 2.24) is 9.97 Å². The van der Waals surface area contributed by atoms with E-state index in [0.29, 0.717) is 47.6 Å². The van der Waals surface area contributed by atoms with Crippen molar-refractivity contribution in [1.29, 1.82) is 0 Å². The van der Waals surface area contributed by atoms with Crippen LogP contribution >= 0.6 is 0 Å². The highest BCUT2D eigenvalue weighted by Crippen LogP contribution is 2.37. The van der Waals surface area contributed by atoms with E-state index >= 15 is 0 Å². The molecular weight excluding hydrogens is 518 g/mol. The lowest BCUT2D eigenvalue weighted by Crippen LogP contribution is -2.29. The highest BCUT2D eigenvalue weighted by molar-refractivity contribution is 5.93. The molecule has 0 fully saturated rings. The molecule has 2 heterocycles. The molecule has 208 valence electrons. The van der Waals surface area contributed by atoms with Crippen molar-refractivity contribution in [3.63, 3.8) is 0 Å². The van der Waals surface area contributed by atoms with Crippen molar-refractivity contribution in [3.05, 3.63) is 82.5 Å². The first-order chi connectivity index (χ1) is 18.5. The first kappa shape index (κ1) is 28.2. The van der Waals surface area contributed by atoms with Gasteiger partial charge in [0.15, 0.2) is 0 Å². The van der Waals surface area contributed by atoms with Crippen LogP contribution in [0.25, 0.3) is 0 Å². The van der Waals surface area contributed by atoms with Gasteiger partial charge in [0.1, 0.15) is 30.4 Å². The predicted octanol–water partition coefficient (Wildman–Crippen LogP) is 4.24. The molecule has 4 N–H and O–H groups in total. The van der Waals surface area contributed by atoms with Crippen LogP contribution in [0.15, 0.2) is 59.8 Å². The number of halogens is 4. The van der Waals surface area contributed by atoms with E-state index in [1.165, 1.54) is 24.3 Å². The Morgan fingerprint density at radius 1 is 1.31 bits per heavy atom. The number of primary amides is 1. The van der Waals surface area contributed by atoms with Gasteiger partial charge in [-0.25, -0.2) is 9.37 Å². The lowest BCUT2D eigenvalue weighted by atomic mass is 9.93. The highest BCUT2D eigenvalue weighted by atomic mass is 19.4. The molecule has 8 nitrogen and oxygen atoms in total. The zero-order chi connectivity index (χ0) is 28.2. The van der Waals surface area contributed by atoms with Crippen molar-refractivity contribution < 1.29 is 32.2 Å². The van der Waals surface area contributed by atoms with Crippen molar-refractivity contribution in [3.8, 4) is 0 Å². The number of amides is 1. The lowest BCUT2D eigenvalue weighted by Gasteiger charge is -2.30. The van der Waals surface area contributed by atoms with E-state index in [1.807, 2.05) is 0 Å². The number of carbonyl (C=O) groups excluding carboxylic acids is 1. The maximum atomic E-state index is 13.7. The van der Waals surface area contributed by atoms with Crippen LogP contribution in [-0.4, -0.2) is 46.4 Å². The zero-order valence-electron chi connectivity index (χ0n) is 21.2. The van der Waals surface area contributed by atoms with Gasteiger partial charge >= 0.3 is 6.18 Å². The first-order valence-corrected chi connectivity index (χ1v) is 12.4. The van der Waals surface area contributed by atoms with Crippen LogP contribution in [0.1, 0.15) is 42.7 Å². The topological polar surface area (TPSA) is 114 Å². The number of benzene rings is 1. The number of anilines is 2. The summed E-state index contributed by atoms with van der Waals surface area (Å²) in [7, 11) is 0. The van der Waals surface area contributed by atoms with Gasteiger partial charge in [0.2, 0.25) is 11.9 Å². The molecule has 39 heavy (non-hydrogen) atoms. The minimum atomic E-state index is -4.50. The van der Waals surface area contributed by atoms with E-state index in [0.717, 1.165) is 0 Å². The fraction of sp³-hybridized carbons (Fsp3) is 0.370. The summed E-state index contributed by atoms with van der Waals surface area (Å²) in [6.07, 6.45) is 0.860. The Kier molecular flexibility index (Phi) is 8.66. The molecule has 1 aromatic heterocycles. The molecule has 2 atom stereocenters. The molecule has 1 aromatic carbocycles. The fourth-order valence-corrected chi connectivity index (χ4v) is 4.52. The number of nitrogens with zero attached hydrogens (tertiary/aromatic N) is 3. The number of carbonyl (C=O) groups is 1. The van der Waals surface area contributed by atoms with Crippen LogP contribution in [-0.2, 0) is 22.5 Å². The minimum Gasteiger partial charge on any atom is -0.384 e. The summed E-state index contributed by atoms with van der Waals surface area (Å²) >= 11 is 0. The number of hydrogen-bond donors (Lipinski definition) is 3. The smallest absolute Gasteiger partial charge is 0.384 e. The number of rotatable bonds is 7. The van der Waals surface area contributed by atoms with E-state index < -0.39 is 36.7 Å². The number of hydrogen-bond acceptors (Lipinski definition) is 7. The van der Waals surface area contributed by atoms with Crippen LogP contribution in [0.5, 0.6) is 0 Å². The lowest BCUT2D eigenvalue weighted by molar-refractivity contribution is -0.187. The summed E-state index contributed by atoms with van der Waals surface area (Å²) in [6, 6.07) is 6.03. The third-order valence-corrected chi connectivity index (χ3v) is 6.39. The standard InChI is InChI=1S/C27H29F4N5O3/c1-16-12-21(37)19(24(32)38)8-2-3-11-36(16)26-34-23-20(9-5-10-22(23)39-15-27(29,30)31)25(35-26)33-14-17-6-4-7-18(28)13-17/h2-4,6-8,12-13,21-22,37H,5,9-11,14-15H2,1H3,(H2,32,38)(H,33,34,35)/b3-2-,16-12-,19-8+. The van der Waals surface area contributed by atoms with Crippen molar-refractivity contribution in [2.45, 2.75) is 51.1 Å². The summed E-state index contributed by atoms with van der Waals surface area (Å²) in [5, 5.41) is 13.7. The number of aliphatic hydroxyl groups is 1. The monoisotopic (exact) mass is 547 g/mol. The second-order valence-corrected chi connectivity index (χ2v) is 9.30. The normalized spacial score (nSPS) is 23.3. The zero-order valence-corrected chi connectivity index (χ0v) is 21.2. The Morgan fingerprint density at radius 3 is 2.82 bits per heavy atom. The molecule has 2 aliphatic rings. The van der Waals surface area contributed by atoms with Gasteiger partial charge in [0, 0.05) is 29.9 Å². The molecule has 1 aliphatic heterocycles. The molecule has 0 spiro atoms. The van der Waals surface area contributed by atoms with E-state index in [2.05, 4.69) is 10.3 Å². The van der Waals surface area contributed by atoms with Gasteiger partial charge < -0.3 is 25.8 Å². The molecular formula is C27H29F4N5O3. The van der Waals surface area contributed by atoms with E-state index in [4.69, 9.17) is 15.5 Å². The maximum Gasteiger partial charge on any atom is 0.411 e. The molecule has 1 amide bonds. The summed E-state index contributed by atoms with van der Waals surface area (Å²) in [4.78, 5) is 22.7. The number of fused-ring (bicyclic) bond motifs is 1. The highest BCUT2D eigenvalue weighted by Gasteiger charge is 2.33. The second-order valence-electron chi connectivity index (χ2n) is 9.30. The van der Waals surface area contributed by atoms with Crippen molar-refractivity contribution in [2.75, 3.05) is 23.4 Å². The van der Waals surface area contributed by atoms with Crippen molar-refractivity contribution in [2.24, 2.45) is 5.73 Å². The molecule has 2 aromatic rings. The molecule has 12 heteroatoms. The number of ether oxygens (including phenoxy) is 1. The molecule has 0 bridgehead atoms. The van der Waals surface area contributed by atoms with Crippen LogP contribution in [0.4, 0.5) is 29.3 Å². The summed E-state index contributed by atoms with van der Waals surface area (Å²) in [5.74, 6) is -0.617. The third kappa shape index (κ3) is 7.21. The van der Waals surface area contributed by atoms with E-state index in [-0.39, 0.29) is 24.6 Å². The van der Waals surface area contributed by atoms with Crippen LogP contribution < -0.4 is 16.0 Å². The molecule has 1 aliphatic carbocycles. The van der Waals surface area contributed by atoms with Crippen LogP contribution in [0.2, 0.25) is 0 Å². The Hall–Kier alpha value is -3.77. The van der Waals surface area contributed by atoms with Gasteiger partial charge in [-0.1, -0.05) is 30.4 Å². The van der Waals surface area contributed by atoms with Gasteiger partial charge in [-0.15, -0.1) is 0 Å². The summed E-state index contributed by atoms with van der Waals surface area (Å²) in [5.41, 5.74) is 7.49. The molecule has 2 unspecified atom stereocenters. The van der Waals surface area contributed by atoms with Crippen LogP contribution in [0.3, 0.4) is 0 Å². The third-order valence-electron chi connectivity index (χ3n) is 6.39. The average Bonchev–Trinajstić information content (AvgIpc) is 2.93. The quantitative estimate of drug-likeness (QED) is 0.445. The molecule has 0 saturated heterocycles. The Balaban J connectivity index is 1.74. The van der Waals surface area contributed by atoms with Crippen molar-refractivity contribution >= 4 is 17.7 Å². The van der Waals surface area contributed by atoms with Crippen LogP contribution in [0, 0.1) is 5.82 Å². The number of nitrogens with one attached hydrogen (secondary N) is 1. The van der Waals surface area contributed by atoms with Gasteiger partial charge in [-0.2, -0.15) is 18.2 Å². The maximum absolute atomic E-state index is 13.7. The van der Waals surface area contributed by atoms with Gasteiger partial charge in [-0.3, -0.25) is 4.79 Å². The summed E-state index contributed by atoms with van der Waals surface area (Å²) in [6.45, 7) is 0.713. The Labute approximate surface area is 222 Å². The number of nitrogens with two attached hydrogens (primary N) is 1. The van der Waals surface area contributed by atoms with Gasteiger partial charge in [0.05, 0.1) is 5.69 Å². The van der Waals surface area contributed by atoms with Gasteiger partial charge in [0.25, 0.3) is 0 Å².